The predicted molar refractivity (Wildman–Crippen MR) is 85.7 cm³/mol. The van der Waals surface area contributed by atoms with Gasteiger partial charge >= 0.3 is 0 Å². The summed E-state index contributed by atoms with van der Waals surface area (Å²) in [6.45, 7) is 4.51. The fourth-order valence-electron chi connectivity index (χ4n) is 2.42. The first-order valence-electron chi connectivity index (χ1n) is 6.89. The van der Waals surface area contributed by atoms with Gasteiger partial charge in [-0.2, -0.15) is 23.5 Å². The molecule has 20 heavy (non-hydrogen) atoms. The van der Waals surface area contributed by atoms with Crippen LogP contribution in [0, 0.1) is 11.6 Å². The molecule has 1 aromatic carbocycles. The van der Waals surface area contributed by atoms with E-state index < -0.39 is 11.6 Å². The van der Waals surface area contributed by atoms with Gasteiger partial charge in [0.2, 0.25) is 0 Å². The lowest BCUT2D eigenvalue weighted by Gasteiger charge is -2.36. The van der Waals surface area contributed by atoms with E-state index >= 15 is 0 Å². The quantitative estimate of drug-likeness (QED) is 0.909. The lowest BCUT2D eigenvalue weighted by molar-refractivity contribution is 0.542. The smallest absolute Gasteiger partial charge is 0.126 e. The molecular weight excluding hydrogens is 296 g/mol. The second-order valence-corrected chi connectivity index (χ2v) is 8.33. The summed E-state index contributed by atoms with van der Waals surface area (Å²) in [6, 6.07) is 4.02. The average Bonchev–Trinajstić information content (AvgIpc) is 2.38. The Balaban J connectivity index is 2.05. The number of hydrogen-bond acceptors (Lipinski definition) is 3. The van der Waals surface area contributed by atoms with Crippen molar-refractivity contribution in [2.24, 2.45) is 0 Å². The molecule has 1 aliphatic heterocycles. The number of rotatable bonds is 4. The molecule has 0 spiro atoms. The summed E-state index contributed by atoms with van der Waals surface area (Å²) in [5.41, 5.74) is 0.721. The van der Waals surface area contributed by atoms with E-state index in [1.807, 2.05) is 30.6 Å². The van der Waals surface area contributed by atoms with E-state index in [2.05, 4.69) is 19.2 Å². The Morgan fingerprint density at radius 2 is 1.85 bits per heavy atom. The minimum atomic E-state index is -0.498. The van der Waals surface area contributed by atoms with Crippen LogP contribution in [0.2, 0.25) is 0 Å². The van der Waals surface area contributed by atoms with E-state index in [4.69, 9.17) is 0 Å². The molecule has 0 aliphatic carbocycles. The number of thioether (sulfide) groups is 2. The minimum Gasteiger partial charge on any atom is -0.316 e. The summed E-state index contributed by atoms with van der Waals surface area (Å²) in [5, 5.41) is 5.07. The Labute approximate surface area is 128 Å². The molecule has 1 heterocycles. The zero-order chi connectivity index (χ0) is 14.7. The van der Waals surface area contributed by atoms with Crippen LogP contribution in [0.4, 0.5) is 8.78 Å². The Bertz CT molecular complexity index is 435. The van der Waals surface area contributed by atoms with Gasteiger partial charge in [0, 0.05) is 33.6 Å². The first-order chi connectivity index (χ1) is 9.49. The van der Waals surface area contributed by atoms with Gasteiger partial charge in [-0.05, 0) is 31.2 Å². The molecule has 1 N–H and O–H groups in total. The third-order valence-corrected chi connectivity index (χ3v) is 7.32. The van der Waals surface area contributed by atoms with Crippen LogP contribution >= 0.6 is 23.5 Å². The fourth-order valence-corrected chi connectivity index (χ4v) is 5.59. The molecule has 1 saturated heterocycles. The topological polar surface area (TPSA) is 12.0 Å². The van der Waals surface area contributed by atoms with Crippen molar-refractivity contribution in [2.45, 2.75) is 42.1 Å². The average molecular weight is 317 g/mol. The molecular formula is C15H21F2NS2. The molecule has 1 fully saturated rings. The van der Waals surface area contributed by atoms with Crippen molar-refractivity contribution in [3.8, 4) is 0 Å². The highest BCUT2D eigenvalue weighted by atomic mass is 32.2. The molecule has 0 bridgehead atoms. The fraction of sp³-hybridized carbons (Fsp3) is 0.600. The summed E-state index contributed by atoms with van der Waals surface area (Å²) in [7, 11) is 1.92. The maximum atomic E-state index is 13.3. The Kier molecular flexibility index (Phi) is 5.75. The SMILES string of the molecule is CNC(Cc1cc(F)cc(F)c1)C1CSC(C)C(C)S1. The second-order valence-electron chi connectivity index (χ2n) is 5.30. The molecule has 1 aromatic rings. The Hall–Kier alpha value is -0.260. The molecule has 2 rings (SSSR count). The molecule has 1 nitrogen and oxygen atoms in total. The molecule has 0 aromatic heterocycles. The monoisotopic (exact) mass is 317 g/mol. The highest BCUT2D eigenvalue weighted by Gasteiger charge is 2.30. The maximum absolute atomic E-state index is 13.3. The van der Waals surface area contributed by atoms with E-state index in [0.29, 0.717) is 22.2 Å². The summed E-state index contributed by atoms with van der Waals surface area (Å²) in [5.74, 6) is 0.0875. The molecule has 0 amide bonds. The van der Waals surface area contributed by atoms with Crippen LogP contribution in [0.25, 0.3) is 0 Å². The highest BCUT2D eigenvalue weighted by molar-refractivity contribution is 8.07. The summed E-state index contributed by atoms with van der Waals surface area (Å²) in [6.07, 6.45) is 0.657. The van der Waals surface area contributed by atoms with Gasteiger partial charge in [0.05, 0.1) is 0 Å². The lowest BCUT2D eigenvalue weighted by Crippen LogP contribution is -2.43. The van der Waals surface area contributed by atoms with Crippen molar-refractivity contribution < 1.29 is 8.78 Å². The van der Waals surface area contributed by atoms with Gasteiger partial charge in [-0.1, -0.05) is 13.8 Å². The molecule has 4 unspecified atom stereocenters. The molecule has 0 radical (unpaired) electrons. The standard InChI is InChI=1S/C15H21F2NS2/c1-9-10(2)20-15(8-19-9)14(18-3)6-11-4-12(16)7-13(17)5-11/h4-5,7,9-10,14-15,18H,6,8H2,1-3H3. The molecule has 5 heteroatoms. The van der Waals surface area contributed by atoms with Crippen molar-refractivity contribution in [2.75, 3.05) is 12.8 Å². The number of halogens is 2. The van der Waals surface area contributed by atoms with Gasteiger partial charge in [0.25, 0.3) is 0 Å². The predicted octanol–water partition coefficient (Wildman–Crippen LogP) is 3.72. The summed E-state index contributed by atoms with van der Waals surface area (Å²) in [4.78, 5) is 0. The van der Waals surface area contributed by atoms with Gasteiger partial charge in [0.15, 0.2) is 0 Å². The van der Waals surface area contributed by atoms with E-state index in [1.165, 1.54) is 12.1 Å². The van der Waals surface area contributed by atoms with Crippen molar-refractivity contribution in [3.63, 3.8) is 0 Å². The van der Waals surface area contributed by atoms with E-state index in [0.717, 1.165) is 17.4 Å². The largest absolute Gasteiger partial charge is 0.316 e. The van der Waals surface area contributed by atoms with Gasteiger partial charge in [0.1, 0.15) is 11.6 Å². The van der Waals surface area contributed by atoms with Crippen LogP contribution in [-0.4, -0.2) is 34.6 Å². The van der Waals surface area contributed by atoms with Crippen molar-refractivity contribution in [3.05, 3.63) is 35.4 Å². The van der Waals surface area contributed by atoms with Crippen LogP contribution in [0.5, 0.6) is 0 Å². The Morgan fingerprint density at radius 1 is 1.20 bits per heavy atom. The van der Waals surface area contributed by atoms with Crippen molar-refractivity contribution in [1.82, 2.24) is 5.32 Å². The molecule has 0 saturated carbocycles. The first-order valence-corrected chi connectivity index (χ1v) is 8.88. The Morgan fingerprint density at radius 3 is 2.40 bits per heavy atom. The lowest BCUT2D eigenvalue weighted by atomic mass is 10.0. The van der Waals surface area contributed by atoms with Crippen LogP contribution in [0.3, 0.4) is 0 Å². The van der Waals surface area contributed by atoms with Gasteiger partial charge in [-0.15, -0.1) is 0 Å². The van der Waals surface area contributed by atoms with E-state index in [-0.39, 0.29) is 6.04 Å². The maximum Gasteiger partial charge on any atom is 0.126 e. The second kappa shape index (κ2) is 7.14. The van der Waals surface area contributed by atoms with Crippen LogP contribution in [0.15, 0.2) is 18.2 Å². The van der Waals surface area contributed by atoms with Crippen LogP contribution < -0.4 is 5.32 Å². The number of likely N-dealkylation sites (N-methyl/N-ethyl adjacent to an activating group) is 1. The highest BCUT2D eigenvalue weighted by Crippen LogP contribution is 2.37. The van der Waals surface area contributed by atoms with Crippen molar-refractivity contribution in [1.29, 1.82) is 0 Å². The van der Waals surface area contributed by atoms with Crippen LogP contribution in [0.1, 0.15) is 19.4 Å². The molecule has 1 aliphatic rings. The molecule has 4 atom stereocenters. The van der Waals surface area contributed by atoms with Gasteiger partial charge in [-0.25, -0.2) is 8.78 Å². The normalized spacial score (nSPS) is 28.4. The first kappa shape index (κ1) is 16.1. The number of hydrogen-bond donors (Lipinski definition) is 1. The van der Waals surface area contributed by atoms with E-state index in [9.17, 15) is 8.78 Å². The minimum absolute atomic E-state index is 0.239. The zero-order valence-electron chi connectivity index (χ0n) is 12.0. The van der Waals surface area contributed by atoms with Crippen LogP contribution in [-0.2, 0) is 6.42 Å². The third-order valence-electron chi connectivity index (χ3n) is 3.77. The van der Waals surface area contributed by atoms with Gasteiger partial charge in [-0.3, -0.25) is 0 Å². The zero-order valence-corrected chi connectivity index (χ0v) is 13.7. The number of benzene rings is 1. The van der Waals surface area contributed by atoms with E-state index in [1.54, 1.807) is 0 Å². The molecule has 112 valence electrons. The van der Waals surface area contributed by atoms with Crippen molar-refractivity contribution >= 4 is 23.5 Å². The third kappa shape index (κ3) is 4.12. The number of nitrogens with one attached hydrogen (secondary N) is 1. The summed E-state index contributed by atoms with van der Waals surface area (Å²) < 4.78 is 26.5. The summed E-state index contributed by atoms with van der Waals surface area (Å²) >= 11 is 3.97. The van der Waals surface area contributed by atoms with Gasteiger partial charge < -0.3 is 5.32 Å².